The Kier molecular flexibility index (Phi) is 1.92. The van der Waals surface area contributed by atoms with E-state index in [9.17, 15) is 9.90 Å². The molecule has 10 heavy (non-hydrogen) atoms. The minimum Gasteiger partial charge on any atom is -0.461 e. The summed E-state index contributed by atoms with van der Waals surface area (Å²) in [5.41, 5.74) is 0. The number of ether oxygens (including phenoxy) is 2. The van der Waals surface area contributed by atoms with Crippen molar-refractivity contribution in [3.63, 3.8) is 0 Å². The lowest BCUT2D eigenvalue weighted by Gasteiger charge is -2.16. The van der Waals surface area contributed by atoms with E-state index in [-0.39, 0.29) is 13.0 Å². The lowest BCUT2D eigenvalue weighted by Crippen LogP contribution is -2.37. The summed E-state index contributed by atoms with van der Waals surface area (Å²) in [5, 5.41) is 9.26. The molecule has 1 aliphatic rings. The van der Waals surface area contributed by atoms with Crippen LogP contribution in [0.25, 0.3) is 0 Å². The van der Waals surface area contributed by atoms with Crippen LogP contribution in [0.5, 0.6) is 0 Å². The predicted molar refractivity (Wildman–Crippen MR) is 32.2 cm³/mol. The topological polar surface area (TPSA) is 55.8 Å². The zero-order chi connectivity index (χ0) is 7.61. The van der Waals surface area contributed by atoms with Gasteiger partial charge in [-0.15, -0.1) is 0 Å². The summed E-state index contributed by atoms with van der Waals surface area (Å²) in [4.78, 5) is 10.7. The lowest BCUT2D eigenvalue weighted by atomic mass is 10.2. The molecule has 1 fully saturated rings. The van der Waals surface area contributed by atoms with Crippen LogP contribution in [-0.4, -0.2) is 30.1 Å². The number of carbonyl (C=O) groups is 1. The average Bonchev–Trinajstić information content (AvgIpc) is 2.15. The minimum absolute atomic E-state index is 0.236. The van der Waals surface area contributed by atoms with E-state index >= 15 is 0 Å². The van der Waals surface area contributed by atoms with Crippen LogP contribution in [0, 0.1) is 0 Å². The zero-order valence-electron chi connectivity index (χ0n) is 5.79. The summed E-state index contributed by atoms with van der Waals surface area (Å²) >= 11 is 0. The molecule has 1 N–H and O–H groups in total. The third-order valence-corrected chi connectivity index (χ3v) is 1.38. The van der Waals surface area contributed by atoms with Crippen molar-refractivity contribution in [1.82, 2.24) is 0 Å². The molecule has 4 nitrogen and oxygen atoms in total. The number of cyclic esters (lactones) is 1. The van der Waals surface area contributed by atoms with Crippen molar-refractivity contribution >= 4 is 5.97 Å². The summed E-state index contributed by atoms with van der Waals surface area (Å²) in [6.45, 7) is 2.27. The quantitative estimate of drug-likeness (QED) is 0.427. The second kappa shape index (κ2) is 2.56. The van der Waals surface area contributed by atoms with Crippen molar-refractivity contribution in [2.45, 2.75) is 19.1 Å². The molecule has 0 aliphatic carbocycles. The Morgan fingerprint density at radius 2 is 2.60 bits per heavy atom. The van der Waals surface area contributed by atoms with Gasteiger partial charge in [0.25, 0.3) is 5.79 Å². The van der Waals surface area contributed by atoms with Crippen LogP contribution in [0.4, 0.5) is 0 Å². The fraction of sp³-hybridized carbons (Fsp3) is 0.833. The van der Waals surface area contributed by atoms with Crippen LogP contribution in [0.2, 0.25) is 0 Å². The molecular formula is C6H10O4. The molecule has 0 aromatic heterocycles. The maximum Gasteiger partial charge on any atom is 0.366 e. The van der Waals surface area contributed by atoms with Gasteiger partial charge in [-0.3, -0.25) is 0 Å². The number of hydrogen-bond acceptors (Lipinski definition) is 4. The van der Waals surface area contributed by atoms with Crippen LogP contribution in [0.3, 0.4) is 0 Å². The zero-order valence-corrected chi connectivity index (χ0v) is 5.79. The molecule has 1 atom stereocenters. The first-order chi connectivity index (χ1) is 4.69. The van der Waals surface area contributed by atoms with Crippen LogP contribution < -0.4 is 0 Å². The second-order valence-corrected chi connectivity index (χ2v) is 2.10. The van der Waals surface area contributed by atoms with Crippen LogP contribution in [0.15, 0.2) is 0 Å². The molecule has 0 amide bonds. The molecule has 1 heterocycles. The van der Waals surface area contributed by atoms with E-state index in [1.807, 2.05) is 0 Å². The molecule has 1 rings (SSSR count). The number of esters is 1. The first-order valence-corrected chi connectivity index (χ1v) is 3.22. The van der Waals surface area contributed by atoms with E-state index in [0.717, 1.165) is 0 Å². The molecule has 0 saturated carbocycles. The maximum atomic E-state index is 10.7. The third kappa shape index (κ3) is 1.12. The fourth-order valence-corrected chi connectivity index (χ4v) is 0.867. The smallest absolute Gasteiger partial charge is 0.366 e. The Labute approximate surface area is 58.7 Å². The Morgan fingerprint density at radius 3 is 3.00 bits per heavy atom. The van der Waals surface area contributed by atoms with Gasteiger partial charge in [-0.05, 0) is 6.92 Å². The number of rotatable bonds is 2. The number of hydrogen-bond donors (Lipinski definition) is 1. The SMILES string of the molecule is CCOC1(O)CCOC1=O. The summed E-state index contributed by atoms with van der Waals surface area (Å²) < 4.78 is 9.29. The van der Waals surface area contributed by atoms with Crippen molar-refractivity contribution in [3.8, 4) is 0 Å². The summed E-state index contributed by atoms with van der Waals surface area (Å²) in [5.74, 6) is -2.33. The molecule has 4 heteroatoms. The van der Waals surface area contributed by atoms with E-state index < -0.39 is 11.8 Å². The summed E-state index contributed by atoms with van der Waals surface area (Å²) in [6.07, 6.45) is 0.236. The normalized spacial score (nSPS) is 32.4. The number of carbonyl (C=O) groups excluding carboxylic acids is 1. The van der Waals surface area contributed by atoms with Gasteiger partial charge in [0, 0.05) is 13.0 Å². The molecular weight excluding hydrogens is 136 g/mol. The molecule has 0 aromatic rings. The van der Waals surface area contributed by atoms with Gasteiger partial charge in [0.1, 0.15) is 0 Å². The Hall–Kier alpha value is -0.610. The van der Waals surface area contributed by atoms with Crippen molar-refractivity contribution < 1.29 is 19.4 Å². The van der Waals surface area contributed by atoms with E-state index in [4.69, 9.17) is 4.74 Å². The van der Waals surface area contributed by atoms with Crippen LogP contribution >= 0.6 is 0 Å². The molecule has 1 unspecified atom stereocenters. The predicted octanol–water partition coefficient (Wildman–Crippen LogP) is -0.342. The largest absolute Gasteiger partial charge is 0.461 e. The number of aliphatic hydroxyl groups is 1. The monoisotopic (exact) mass is 146 g/mol. The molecule has 0 spiro atoms. The van der Waals surface area contributed by atoms with Gasteiger partial charge in [-0.1, -0.05) is 0 Å². The molecule has 0 aromatic carbocycles. The van der Waals surface area contributed by atoms with E-state index in [2.05, 4.69) is 4.74 Å². The van der Waals surface area contributed by atoms with Crippen molar-refractivity contribution in [2.75, 3.05) is 13.2 Å². The Morgan fingerprint density at radius 1 is 1.90 bits per heavy atom. The molecule has 58 valence electrons. The van der Waals surface area contributed by atoms with Gasteiger partial charge in [0.15, 0.2) is 0 Å². The van der Waals surface area contributed by atoms with Crippen LogP contribution in [-0.2, 0) is 14.3 Å². The molecule has 0 radical (unpaired) electrons. The van der Waals surface area contributed by atoms with Crippen molar-refractivity contribution in [2.24, 2.45) is 0 Å². The third-order valence-electron chi connectivity index (χ3n) is 1.38. The highest BCUT2D eigenvalue weighted by atomic mass is 16.7. The Bertz CT molecular complexity index is 145. The van der Waals surface area contributed by atoms with E-state index in [1.54, 1.807) is 6.92 Å². The van der Waals surface area contributed by atoms with E-state index in [1.165, 1.54) is 0 Å². The summed E-state index contributed by atoms with van der Waals surface area (Å²) in [6, 6.07) is 0. The first kappa shape index (κ1) is 7.50. The highest BCUT2D eigenvalue weighted by Crippen LogP contribution is 2.20. The molecule has 1 saturated heterocycles. The second-order valence-electron chi connectivity index (χ2n) is 2.10. The maximum absolute atomic E-state index is 10.7. The lowest BCUT2D eigenvalue weighted by molar-refractivity contribution is -0.206. The standard InChI is InChI=1S/C6H10O4/c1-2-10-6(8)3-4-9-5(6)7/h8H,2-4H2,1H3. The minimum atomic E-state index is -1.66. The average molecular weight is 146 g/mol. The van der Waals surface area contributed by atoms with Gasteiger partial charge < -0.3 is 14.6 Å². The van der Waals surface area contributed by atoms with Crippen molar-refractivity contribution in [3.05, 3.63) is 0 Å². The van der Waals surface area contributed by atoms with Gasteiger partial charge in [0.05, 0.1) is 6.61 Å². The Balaban J connectivity index is 2.57. The van der Waals surface area contributed by atoms with E-state index in [0.29, 0.717) is 6.61 Å². The highest BCUT2D eigenvalue weighted by molar-refractivity contribution is 5.79. The molecule has 0 bridgehead atoms. The van der Waals surface area contributed by atoms with Gasteiger partial charge in [-0.25, -0.2) is 4.79 Å². The highest BCUT2D eigenvalue weighted by Gasteiger charge is 2.43. The van der Waals surface area contributed by atoms with Gasteiger partial charge in [0.2, 0.25) is 0 Å². The molecule has 1 aliphatic heterocycles. The van der Waals surface area contributed by atoms with Crippen LogP contribution in [0.1, 0.15) is 13.3 Å². The van der Waals surface area contributed by atoms with Gasteiger partial charge >= 0.3 is 5.97 Å². The first-order valence-electron chi connectivity index (χ1n) is 3.22. The fourth-order valence-electron chi connectivity index (χ4n) is 0.867. The van der Waals surface area contributed by atoms with Crippen molar-refractivity contribution in [1.29, 1.82) is 0 Å². The summed E-state index contributed by atoms with van der Waals surface area (Å²) in [7, 11) is 0. The van der Waals surface area contributed by atoms with Gasteiger partial charge in [-0.2, -0.15) is 0 Å².